The van der Waals surface area contributed by atoms with Crippen LogP contribution in [-0.2, 0) is 0 Å². The molecule has 0 aliphatic carbocycles. The molecule has 0 saturated heterocycles. The van der Waals surface area contributed by atoms with Crippen LogP contribution < -0.4 is 0 Å². The van der Waals surface area contributed by atoms with E-state index in [1.165, 1.54) is 0 Å². The number of nitrogens with zero attached hydrogens (tertiary/aromatic N) is 1. The predicted molar refractivity (Wildman–Crippen MR) is 56.0 cm³/mol. The molecule has 1 aromatic rings. The zero-order chi connectivity index (χ0) is 9.14. The third-order valence-electron chi connectivity index (χ3n) is 1.19. The average Bonchev–Trinajstić information content (AvgIpc) is 2.01. The van der Waals surface area contributed by atoms with E-state index in [4.69, 9.17) is 16.8 Å². The topological polar surface area (TPSA) is 32.6 Å². The summed E-state index contributed by atoms with van der Waals surface area (Å²) in [4.78, 5) is 0. The maximum absolute atomic E-state index is 8.40. The number of oxime groups is 1. The van der Waals surface area contributed by atoms with Gasteiger partial charge in [-0.1, -0.05) is 48.6 Å². The quantitative estimate of drug-likeness (QED) is 0.480. The van der Waals surface area contributed by atoms with Gasteiger partial charge in [0.2, 0.25) is 0 Å². The van der Waals surface area contributed by atoms with E-state index in [-0.39, 0.29) is 5.17 Å². The van der Waals surface area contributed by atoms with Gasteiger partial charge in [0.15, 0.2) is 5.17 Å². The maximum atomic E-state index is 8.40. The average molecular weight is 313 g/mol. The van der Waals surface area contributed by atoms with Gasteiger partial charge in [-0.3, -0.25) is 0 Å². The Hall–Kier alpha value is -0.0600. The lowest BCUT2D eigenvalue weighted by Crippen LogP contribution is -1.90. The lowest BCUT2D eigenvalue weighted by Gasteiger charge is -1.98. The highest BCUT2D eigenvalue weighted by Crippen LogP contribution is 2.21. The van der Waals surface area contributed by atoms with E-state index in [1.807, 2.05) is 6.07 Å². The fraction of sp³-hybridized carbons (Fsp3) is 0. The SMILES string of the molecule is O/N=C(/Cl)c1cc(Br)cc(Br)c1. The summed E-state index contributed by atoms with van der Waals surface area (Å²) in [6, 6.07) is 5.38. The number of hydrogen-bond acceptors (Lipinski definition) is 2. The minimum absolute atomic E-state index is 0.0667. The van der Waals surface area contributed by atoms with Crippen LogP contribution in [0.3, 0.4) is 0 Å². The Bertz CT molecular complexity index is 307. The van der Waals surface area contributed by atoms with Crippen LogP contribution in [0.5, 0.6) is 0 Å². The van der Waals surface area contributed by atoms with Gasteiger partial charge in [0.1, 0.15) is 0 Å². The van der Waals surface area contributed by atoms with Crippen molar-refractivity contribution in [3.8, 4) is 0 Å². The second-order valence-corrected chi connectivity index (χ2v) is 4.24. The molecule has 0 spiro atoms. The number of hydrogen-bond donors (Lipinski definition) is 1. The predicted octanol–water partition coefficient (Wildman–Crippen LogP) is 3.59. The second kappa shape index (κ2) is 4.25. The molecule has 0 radical (unpaired) electrons. The minimum atomic E-state index is 0.0667. The lowest BCUT2D eigenvalue weighted by molar-refractivity contribution is 0.321. The van der Waals surface area contributed by atoms with E-state index in [2.05, 4.69) is 37.0 Å². The summed E-state index contributed by atoms with van der Waals surface area (Å²) in [6.07, 6.45) is 0. The van der Waals surface area contributed by atoms with Crippen molar-refractivity contribution in [2.24, 2.45) is 5.16 Å². The fourth-order valence-corrected chi connectivity index (χ4v) is 2.13. The van der Waals surface area contributed by atoms with Gasteiger partial charge in [-0.05, 0) is 18.2 Å². The highest BCUT2D eigenvalue weighted by Gasteiger charge is 2.02. The summed E-state index contributed by atoms with van der Waals surface area (Å²) in [5, 5.41) is 11.3. The van der Waals surface area contributed by atoms with Gasteiger partial charge in [-0.2, -0.15) is 0 Å². The highest BCUT2D eigenvalue weighted by atomic mass is 79.9. The van der Waals surface area contributed by atoms with E-state index in [0.717, 1.165) is 8.95 Å². The fourth-order valence-electron chi connectivity index (χ4n) is 0.731. The Labute approximate surface area is 91.5 Å². The Kier molecular flexibility index (Phi) is 3.55. The molecule has 64 valence electrons. The van der Waals surface area contributed by atoms with Gasteiger partial charge in [0.05, 0.1) is 0 Å². The number of rotatable bonds is 1. The molecule has 0 amide bonds. The molecule has 0 saturated carbocycles. The maximum Gasteiger partial charge on any atom is 0.175 e. The summed E-state index contributed by atoms with van der Waals surface area (Å²) in [5.74, 6) is 0. The van der Waals surface area contributed by atoms with E-state index in [1.54, 1.807) is 12.1 Å². The zero-order valence-corrected chi connectivity index (χ0v) is 9.69. The van der Waals surface area contributed by atoms with E-state index >= 15 is 0 Å². The molecule has 0 fully saturated rings. The molecular weight excluding hydrogens is 309 g/mol. The molecule has 1 N–H and O–H groups in total. The first kappa shape index (κ1) is 10.0. The smallest absolute Gasteiger partial charge is 0.175 e. The van der Waals surface area contributed by atoms with Crippen LogP contribution in [0.25, 0.3) is 0 Å². The Balaban J connectivity index is 3.17. The molecule has 0 atom stereocenters. The van der Waals surface area contributed by atoms with Crippen molar-refractivity contribution in [3.63, 3.8) is 0 Å². The Morgan fingerprint density at radius 3 is 2.17 bits per heavy atom. The first-order valence-corrected chi connectivity index (χ1v) is 4.94. The molecule has 1 rings (SSSR count). The van der Waals surface area contributed by atoms with Crippen LogP contribution >= 0.6 is 43.5 Å². The number of benzene rings is 1. The first-order valence-electron chi connectivity index (χ1n) is 2.97. The lowest BCUT2D eigenvalue weighted by atomic mass is 10.2. The van der Waals surface area contributed by atoms with Crippen molar-refractivity contribution < 1.29 is 5.21 Å². The van der Waals surface area contributed by atoms with Crippen molar-refractivity contribution in [1.82, 2.24) is 0 Å². The van der Waals surface area contributed by atoms with Gasteiger partial charge in [0.25, 0.3) is 0 Å². The molecule has 0 aliphatic rings. The molecule has 0 bridgehead atoms. The van der Waals surface area contributed by atoms with Crippen LogP contribution in [0, 0.1) is 0 Å². The third-order valence-corrected chi connectivity index (χ3v) is 2.40. The standard InChI is InChI=1S/C7H4Br2ClNO/c8-5-1-4(7(10)11-12)2-6(9)3-5/h1-3,12H/b11-7+. The third kappa shape index (κ3) is 2.47. The molecule has 0 heterocycles. The molecular formula is C7H4Br2ClNO. The first-order chi connectivity index (χ1) is 5.63. The van der Waals surface area contributed by atoms with Crippen molar-refractivity contribution >= 4 is 48.6 Å². The Morgan fingerprint density at radius 1 is 1.25 bits per heavy atom. The summed E-state index contributed by atoms with van der Waals surface area (Å²) in [7, 11) is 0. The summed E-state index contributed by atoms with van der Waals surface area (Å²) >= 11 is 12.2. The molecule has 0 unspecified atom stereocenters. The highest BCUT2D eigenvalue weighted by molar-refractivity contribution is 9.11. The van der Waals surface area contributed by atoms with Crippen LogP contribution in [0.4, 0.5) is 0 Å². The molecule has 12 heavy (non-hydrogen) atoms. The van der Waals surface area contributed by atoms with E-state index in [0.29, 0.717) is 5.56 Å². The van der Waals surface area contributed by atoms with Crippen LogP contribution in [0.1, 0.15) is 5.56 Å². The molecule has 0 aromatic heterocycles. The molecule has 5 heteroatoms. The van der Waals surface area contributed by atoms with Crippen molar-refractivity contribution in [1.29, 1.82) is 0 Å². The summed E-state index contributed by atoms with van der Waals surface area (Å²) < 4.78 is 1.74. The van der Waals surface area contributed by atoms with Crippen molar-refractivity contribution in [2.45, 2.75) is 0 Å². The normalized spacial score (nSPS) is 11.8. The van der Waals surface area contributed by atoms with Gasteiger partial charge in [0, 0.05) is 14.5 Å². The minimum Gasteiger partial charge on any atom is -0.410 e. The molecule has 1 aromatic carbocycles. The van der Waals surface area contributed by atoms with E-state index < -0.39 is 0 Å². The Morgan fingerprint density at radius 2 is 1.75 bits per heavy atom. The van der Waals surface area contributed by atoms with Crippen LogP contribution in [0.2, 0.25) is 0 Å². The number of halogens is 3. The largest absolute Gasteiger partial charge is 0.410 e. The summed E-state index contributed by atoms with van der Waals surface area (Å²) in [6.45, 7) is 0. The van der Waals surface area contributed by atoms with E-state index in [9.17, 15) is 0 Å². The van der Waals surface area contributed by atoms with Crippen LogP contribution in [-0.4, -0.2) is 10.4 Å². The van der Waals surface area contributed by atoms with Gasteiger partial charge in [-0.15, -0.1) is 0 Å². The van der Waals surface area contributed by atoms with Gasteiger partial charge in [-0.25, -0.2) is 0 Å². The molecule has 2 nitrogen and oxygen atoms in total. The van der Waals surface area contributed by atoms with Crippen molar-refractivity contribution in [3.05, 3.63) is 32.7 Å². The second-order valence-electron chi connectivity index (χ2n) is 2.05. The zero-order valence-electron chi connectivity index (χ0n) is 5.76. The van der Waals surface area contributed by atoms with Gasteiger partial charge < -0.3 is 5.21 Å². The summed E-state index contributed by atoms with van der Waals surface area (Å²) in [5.41, 5.74) is 0.653. The monoisotopic (exact) mass is 311 g/mol. The molecule has 0 aliphatic heterocycles. The van der Waals surface area contributed by atoms with Crippen LogP contribution in [0.15, 0.2) is 32.3 Å². The van der Waals surface area contributed by atoms with Crippen molar-refractivity contribution in [2.75, 3.05) is 0 Å². The van der Waals surface area contributed by atoms with Gasteiger partial charge >= 0.3 is 0 Å².